The molecule has 0 aromatic heterocycles. The number of rotatable bonds is 0. The van der Waals surface area contributed by atoms with Crippen molar-refractivity contribution in [2.45, 2.75) is 0 Å². The van der Waals surface area contributed by atoms with Gasteiger partial charge in [0, 0.05) is 12.7 Å². The fraction of sp³-hybridized carbons (Fsp3) is 1.00. The number of hydrogen-bond donors (Lipinski definition) is 1. The Bertz CT molecular complexity index is 65.2. The fourth-order valence-corrected chi connectivity index (χ4v) is 1.46. The van der Waals surface area contributed by atoms with Crippen molar-refractivity contribution in [3.8, 4) is 0 Å². The quantitative estimate of drug-likeness (QED) is 0.450. The summed E-state index contributed by atoms with van der Waals surface area (Å²) in [5.41, 5.74) is 0. The second kappa shape index (κ2) is 1.67. The average Bonchev–Trinajstić information content (AvgIpc) is 1.86. The van der Waals surface area contributed by atoms with E-state index >= 15 is 0 Å². The van der Waals surface area contributed by atoms with Crippen molar-refractivity contribution in [3.05, 3.63) is 0 Å². The molecule has 3 heteroatoms. The standard InChI is InChI=1S/C3H7NOP/c5-6-2-1-4-3-6/h4H,1-3H2. The third-order valence-corrected chi connectivity index (χ3v) is 2.12. The molecule has 2 nitrogen and oxygen atoms in total. The van der Waals surface area contributed by atoms with E-state index in [4.69, 9.17) is 0 Å². The molecule has 35 valence electrons. The minimum atomic E-state index is -0.826. The molecule has 0 bridgehead atoms. The highest BCUT2D eigenvalue weighted by Crippen LogP contribution is 2.20. The maximum absolute atomic E-state index is 10.3. The van der Waals surface area contributed by atoms with Crippen molar-refractivity contribution in [3.63, 3.8) is 0 Å². The first-order valence-corrected chi connectivity index (χ1v) is 3.65. The molecule has 1 heterocycles. The summed E-state index contributed by atoms with van der Waals surface area (Å²) in [4.78, 5) is 0. The molecule has 1 rings (SSSR count). The van der Waals surface area contributed by atoms with Gasteiger partial charge >= 0.3 is 0 Å². The largest absolute Gasteiger partial charge is 0.306 e. The second-order valence-electron chi connectivity index (χ2n) is 1.36. The van der Waals surface area contributed by atoms with Gasteiger partial charge in [-0.25, -0.2) is 0 Å². The van der Waals surface area contributed by atoms with Crippen LogP contribution in [0.4, 0.5) is 0 Å². The third-order valence-electron chi connectivity index (χ3n) is 0.826. The van der Waals surface area contributed by atoms with Crippen molar-refractivity contribution < 1.29 is 4.57 Å². The van der Waals surface area contributed by atoms with E-state index in [0.29, 0.717) is 0 Å². The molecule has 0 aromatic carbocycles. The predicted molar refractivity (Wildman–Crippen MR) is 25.3 cm³/mol. The lowest BCUT2D eigenvalue weighted by atomic mass is 10.8. The van der Waals surface area contributed by atoms with Crippen LogP contribution in [0, 0.1) is 0 Å². The van der Waals surface area contributed by atoms with E-state index in [1.807, 2.05) is 0 Å². The predicted octanol–water partition coefficient (Wildman–Crippen LogP) is 0.374. The van der Waals surface area contributed by atoms with Gasteiger partial charge in [0.2, 0.25) is 0 Å². The minimum absolute atomic E-state index is 0.745. The molecule has 0 aliphatic carbocycles. The van der Waals surface area contributed by atoms with Gasteiger partial charge in [-0.15, -0.1) is 0 Å². The molecule has 1 atom stereocenters. The van der Waals surface area contributed by atoms with Crippen LogP contribution in [0.2, 0.25) is 0 Å². The summed E-state index contributed by atoms with van der Waals surface area (Å²) < 4.78 is 10.3. The summed E-state index contributed by atoms with van der Waals surface area (Å²) >= 11 is 0. The Morgan fingerprint density at radius 3 is 2.67 bits per heavy atom. The fourth-order valence-electron chi connectivity index (χ4n) is 0.487. The lowest BCUT2D eigenvalue weighted by Crippen LogP contribution is -2.04. The molecule has 0 amide bonds. The van der Waals surface area contributed by atoms with Crippen LogP contribution >= 0.6 is 7.80 Å². The van der Waals surface area contributed by atoms with Crippen LogP contribution in [0.5, 0.6) is 0 Å². The van der Waals surface area contributed by atoms with Gasteiger partial charge in [0.05, 0.1) is 14.1 Å². The first kappa shape index (κ1) is 4.23. The normalized spacial score (nSPS) is 28.3. The first-order chi connectivity index (χ1) is 2.89. The molecule has 1 fully saturated rings. The smallest absolute Gasteiger partial charge is 0.0873 e. The SMILES string of the molecule is O=[P]1CCNC1. The van der Waals surface area contributed by atoms with Crippen LogP contribution in [0.1, 0.15) is 0 Å². The maximum Gasteiger partial charge on any atom is 0.0873 e. The lowest BCUT2D eigenvalue weighted by Gasteiger charge is -1.75. The summed E-state index contributed by atoms with van der Waals surface area (Å²) in [6.45, 7) is 0.954. The van der Waals surface area contributed by atoms with E-state index in [0.717, 1.165) is 19.0 Å². The van der Waals surface area contributed by atoms with Gasteiger partial charge in [-0.3, -0.25) is 4.57 Å². The monoisotopic (exact) mass is 104 g/mol. The van der Waals surface area contributed by atoms with Gasteiger partial charge in [-0.2, -0.15) is 0 Å². The highest BCUT2D eigenvalue weighted by atomic mass is 31.1. The van der Waals surface area contributed by atoms with E-state index in [1.54, 1.807) is 0 Å². The Kier molecular flexibility index (Phi) is 1.18. The van der Waals surface area contributed by atoms with Crippen LogP contribution in [-0.4, -0.2) is 19.0 Å². The van der Waals surface area contributed by atoms with E-state index in [-0.39, 0.29) is 0 Å². The van der Waals surface area contributed by atoms with E-state index in [9.17, 15) is 4.57 Å². The zero-order chi connectivity index (χ0) is 4.41. The summed E-state index contributed by atoms with van der Waals surface area (Å²) in [7, 11) is -0.826. The van der Waals surface area contributed by atoms with Crippen molar-refractivity contribution >= 4 is 7.80 Å². The summed E-state index contributed by atoms with van der Waals surface area (Å²) in [6, 6.07) is 0. The summed E-state index contributed by atoms with van der Waals surface area (Å²) in [5, 5.41) is 2.99. The van der Waals surface area contributed by atoms with E-state index in [2.05, 4.69) is 5.32 Å². The van der Waals surface area contributed by atoms with Crippen LogP contribution < -0.4 is 5.32 Å². The Hall–Kier alpha value is 0.0600. The topological polar surface area (TPSA) is 29.1 Å². The number of hydrogen-bond acceptors (Lipinski definition) is 2. The Balaban J connectivity index is 2.37. The van der Waals surface area contributed by atoms with Gasteiger partial charge in [0.25, 0.3) is 0 Å². The lowest BCUT2D eigenvalue weighted by molar-refractivity contribution is 0.591. The summed E-state index contributed by atoms with van der Waals surface area (Å²) in [5.74, 6) is 0. The van der Waals surface area contributed by atoms with Crippen molar-refractivity contribution in [1.82, 2.24) is 5.32 Å². The minimum Gasteiger partial charge on any atom is -0.306 e. The maximum atomic E-state index is 10.3. The molecule has 1 N–H and O–H groups in total. The molecule has 0 spiro atoms. The highest BCUT2D eigenvalue weighted by molar-refractivity contribution is 7.44. The average molecular weight is 104 g/mol. The third kappa shape index (κ3) is 0.763. The second-order valence-corrected chi connectivity index (χ2v) is 3.09. The van der Waals surface area contributed by atoms with E-state index in [1.165, 1.54) is 0 Å². The molecule has 1 saturated heterocycles. The van der Waals surface area contributed by atoms with Crippen molar-refractivity contribution in [2.75, 3.05) is 19.0 Å². The van der Waals surface area contributed by atoms with Crippen LogP contribution in [0.15, 0.2) is 0 Å². The molecule has 1 unspecified atom stereocenters. The summed E-state index contributed by atoms with van der Waals surface area (Å²) in [6.07, 6.45) is 1.63. The molecular formula is C3H7NOP. The number of nitrogens with one attached hydrogen (secondary N) is 1. The molecule has 1 aliphatic heterocycles. The van der Waals surface area contributed by atoms with Crippen molar-refractivity contribution in [2.24, 2.45) is 0 Å². The van der Waals surface area contributed by atoms with Crippen LogP contribution in [0.3, 0.4) is 0 Å². The zero-order valence-corrected chi connectivity index (χ0v) is 4.37. The molecule has 1 aliphatic rings. The highest BCUT2D eigenvalue weighted by Gasteiger charge is 2.04. The van der Waals surface area contributed by atoms with Gasteiger partial charge in [0.15, 0.2) is 0 Å². The van der Waals surface area contributed by atoms with Crippen LogP contribution in [0.25, 0.3) is 0 Å². The molecule has 0 aromatic rings. The molecule has 1 radical (unpaired) electrons. The molecule has 0 saturated carbocycles. The Morgan fingerprint density at radius 1 is 1.67 bits per heavy atom. The Labute approximate surface area is 37.7 Å². The van der Waals surface area contributed by atoms with E-state index < -0.39 is 7.80 Å². The van der Waals surface area contributed by atoms with Gasteiger partial charge in [-0.1, -0.05) is 0 Å². The Morgan fingerprint density at radius 2 is 2.50 bits per heavy atom. The van der Waals surface area contributed by atoms with Crippen LogP contribution in [-0.2, 0) is 4.57 Å². The molecular weight excluding hydrogens is 97.0 g/mol. The van der Waals surface area contributed by atoms with Gasteiger partial charge in [0.1, 0.15) is 0 Å². The van der Waals surface area contributed by atoms with Gasteiger partial charge < -0.3 is 5.32 Å². The first-order valence-electron chi connectivity index (χ1n) is 2.02. The van der Waals surface area contributed by atoms with Gasteiger partial charge in [-0.05, 0) is 0 Å². The molecule has 6 heavy (non-hydrogen) atoms. The zero-order valence-electron chi connectivity index (χ0n) is 3.48. The van der Waals surface area contributed by atoms with Crippen molar-refractivity contribution in [1.29, 1.82) is 0 Å².